The number of aromatic hydroxyl groups is 1. The first kappa shape index (κ1) is 12.4. The number of carbonyl (C=O) groups excluding carboxylic acids is 1. The topological polar surface area (TPSA) is 59.3 Å². The van der Waals surface area contributed by atoms with E-state index in [2.05, 4.69) is 0 Å². The second kappa shape index (κ2) is 4.81. The molecule has 0 radical (unpaired) electrons. The minimum Gasteiger partial charge on any atom is -0.508 e. The Bertz CT molecular complexity index is 772. The molecule has 0 atom stereocenters. The van der Waals surface area contributed by atoms with Crippen LogP contribution in [0.25, 0.3) is 11.8 Å². The minimum absolute atomic E-state index is 0.0290. The number of aldehydes is 1. The number of pyridine rings is 1. The molecule has 0 bridgehead atoms. The van der Waals surface area contributed by atoms with Crippen LogP contribution in [-0.2, 0) is 6.42 Å². The second-order valence-corrected chi connectivity index (χ2v) is 4.80. The fourth-order valence-electron chi connectivity index (χ4n) is 2.47. The fraction of sp³-hybridized carbons (Fsp3) is 0.125. The highest BCUT2D eigenvalue weighted by Crippen LogP contribution is 2.26. The van der Waals surface area contributed by atoms with Gasteiger partial charge in [0, 0.05) is 23.5 Å². The molecule has 0 fully saturated rings. The molecule has 3 rings (SSSR count). The standard InChI is InChI=1S/C16H13NO3/c18-10-11-1-2-13-8-14(4-3-12(13)7-11)17-6-5-15(19)9-16(17)20/h1-2,5-10,19H,3-4H2. The molecule has 0 saturated heterocycles. The van der Waals surface area contributed by atoms with E-state index in [-0.39, 0.29) is 11.3 Å². The van der Waals surface area contributed by atoms with Crippen LogP contribution in [0.15, 0.2) is 41.3 Å². The van der Waals surface area contributed by atoms with Crippen LogP contribution in [0.2, 0.25) is 0 Å². The maximum atomic E-state index is 11.9. The summed E-state index contributed by atoms with van der Waals surface area (Å²) in [6.45, 7) is 0. The Labute approximate surface area is 115 Å². The molecule has 0 saturated carbocycles. The Balaban J connectivity index is 2.06. The number of benzene rings is 1. The number of carbonyl (C=O) groups is 1. The molecule has 1 aliphatic carbocycles. The number of rotatable bonds is 2. The number of aryl methyl sites for hydroxylation is 1. The average Bonchev–Trinajstić information content (AvgIpc) is 2.46. The third-order valence-corrected chi connectivity index (χ3v) is 3.49. The van der Waals surface area contributed by atoms with Gasteiger partial charge in [-0.3, -0.25) is 14.2 Å². The molecule has 4 nitrogen and oxygen atoms in total. The maximum absolute atomic E-state index is 11.9. The molecule has 1 aliphatic rings. The predicted molar refractivity (Wildman–Crippen MR) is 76.7 cm³/mol. The number of nitrogens with zero attached hydrogens (tertiary/aromatic N) is 1. The average molecular weight is 267 g/mol. The molecule has 2 aromatic rings. The van der Waals surface area contributed by atoms with Gasteiger partial charge in [0.1, 0.15) is 12.0 Å². The van der Waals surface area contributed by atoms with E-state index in [9.17, 15) is 14.7 Å². The smallest absolute Gasteiger partial charge is 0.258 e. The Kier molecular flexibility index (Phi) is 2.99. The van der Waals surface area contributed by atoms with Crippen molar-refractivity contribution in [1.29, 1.82) is 0 Å². The summed E-state index contributed by atoms with van der Waals surface area (Å²) in [5.74, 6) is -0.0290. The number of aromatic nitrogens is 1. The Morgan fingerprint density at radius 1 is 1.15 bits per heavy atom. The monoisotopic (exact) mass is 267 g/mol. The largest absolute Gasteiger partial charge is 0.508 e. The first-order valence-electron chi connectivity index (χ1n) is 6.38. The van der Waals surface area contributed by atoms with Gasteiger partial charge in [0.05, 0.1) is 0 Å². The molecule has 20 heavy (non-hydrogen) atoms. The predicted octanol–water partition coefficient (Wildman–Crippen LogP) is 2.31. The molecule has 0 unspecified atom stereocenters. The number of hydrogen-bond acceptors (Lipinski definition) is 3. The maximum Gasteiger partial charge on any atom is 0.258 e. The summed E-state index contributed by atoms with van der Waals surface area (Å²) >= 11 is 0. The van der Waals surface area contributed by atoms with Gasteiger partial charge < -0.3 is 5.11 Å². The van der Waals surface area contributed by atoms with Crippen molar-refractivity contribution in [3.8, 4) is 5.75 Å². The molecule has 1 heterocycles. The normalized spacial score (nSPS) is 13.5. The Hall–Kier alpha value is -2.62. The molecule has 0 amide bonds. The van der Waals surface area contributed by atoms with E-state index in [4.69, 9.17) is 0 Å². The van der Waals surface area contributed by atoms with Crippen LogP contribution in [0.3, 0.4) is 0 Å². The van der Waals surface area contributed by atoms with Crippen LogP contribution in [0.4, 0.5) is 0 Å². The highest BCUT2D eigenvalue weighted by molar-refractivity contribution is 5.80. The molecular weight excluding hydrogens is 254 g/mol. The van der Waals surface area contributed by atoms with Gasteiger partial charge in [-0.25, -0.2) is 0 Å². The van der Waals surface area contributed by atoms with E-state index < -0.39 is 0 Å². The van der Waals surface area contributed by atoms with Gasteiger partial charge in [-0.1, -0.05) is 12.1 Å². The Morgan fingerprint density at radius 3 is 2.75 bits per heavy atom. The van der Waals surface area contributed by atoms with Crippen LogP contribution >= 0.6 is 0 Å². The van der Waals surface area contributed by atoms with Crippen LogP contribution in [0.5, 0.6) is 5.75 Å². The molecule has 1 aromatic heterocycles. The zero-order chi connectivity index (χ0) is 14.1. The lowest BCUT2D eigenvalue weighted by Crippen LogP contribution is -2.18. The molecule has 1 aromatic carbocycles. The van der Waals surface area contributed by atoms with E-state index in [1.807, 2.05) is 18.2 Å². The summed E-state index contributed by atoms with van der Waals surface area (Å²) in [5.41, 5.74) is 3.45. The van der Waals surface area contributed by atoms with Crippen LogP contribution in [-0.4, -0.2) is 16.0 Å². The lowest BCUT2D eigenvalue weighted by atomic mass is 9.93. The van der Waals surface area contributed by atoms with Gasteiger partial charge >= 0.3 is 0 Å². The highest BCUT2D eigenvalue weighted by Gasteiger charge is 2.13. The molecule has 0 spiro atoms. The van der Waals surface area contributed by atoms with Gasteiger partial charge in [-0.2, -0.15) is 0 Å². The number of allylic oxidation sites excluding steroid dienone is 1. The first-order chi connectivity index (χ1) is 9.67. The lowest BCUT2D eigenvalue weighted by molar-refractivity contribution is 0.112. The molecular formula is C16H13NO3. The van der Waals surface area contributed by atoms with Gasteiger partial charge in [0.25, 0.3) is 5.56 Å². The van der Waals surface area contributed by atoms with Crippen molar-refractivity contribution in [2.45, 2.75) is 12.8 Å². The van der Waals surface area contributed by atoms with E-state index in [1.165, 1.54) is 16.7 Å². The van der Waals surface area contributed by atoms with Crippen LogP contribution in [0.1, 0.15) is 27.9 Å². The van der Waals surface area contributed by atoms with Gasteiger partial charge in [0.2, 0.25) is 0 Å². The van der Waals surface area contributed by atoms with E-state index in [0.29, 0.717) is 5.56 Å². The molecule has 0 aliphatic heterocycles. The summed E-state index contributed by atoms with van der Waals surface area (Å²) in [5, 5.41) is 9.29. The Morgan fingerprint density at radius 2 is 2.00 bits per heavy atom. The zero-order valence-electron chi connectivity index (χ0n) is 10.7. The summed E-state index contributed by atoms with van der Waals surface area (Å²) in [7, 11) is 0. The van der Waals surface area contributed by atoms with E-state index >= 15 is 0 Å². The number of fused-ring (bicyclic) bond motifs is 1. The van der Waals surface area contributed by atoms with E-state index in [0.717, 1.165) is 36.0 Å². The second-order valence-electron chi connectivity index (χ2n) is 4.80. The summed E-state index contributed by atoms with van der Waals surface area (Å²) < 4.78 is 1.54. The van der Waals surface area contributed by atoms with E-state index in [1.54, 1.807) is 12.3 Å². The third-order valence-electron chi connectivity index (χ3n) is 3.49. The summed E-state index contributed by atoms with van der Waals surface area (Å²) in [4.78, 5) is 22.6. The SMILES string of the molecule is O=Cc1ccc2c(c1)CCC(n1ccc(O)cc1=O)=C2. The summed E-state index contributed by atoms with van der Waals surface area (Å²) in [6.07, 6.45) is 5.88. The van der Waals surface area contributed by atoms with Crippen molar-refractivity contribution in [3.63, 3.8) is 0 Å². The fourth-order valence-corrected chi connectivity index (χ4v) is 2.47. The van der Waals surface area contributed by atoms with Crippen molar-refractivity contribution in [1.82, 2.24) is 4.57 Å². The van der Waals surface area contributed by atoms with Crippen molar-refractivity contribution in [2.24, 2.45) is 0 Å². The van der Waals surface area contributed by atoms with Crippen molar-refractivity contribution in [2.75, 3.05) is 0 Å². The van der Waals surface area contributed by atoms with Crippen molar-refractivity contribution >= 4 is 18.1 Å². The third kappa shape index (κ3) is 2.16. The van der Waals surface area contributed by atoms with Gasteiger partial charge in [0.15, 0.2) is 0 Å². The minimum atomic E-state index is -0.246. The van der Waals surface area contributed by atoms with Crippen molar-refractivity contribution in [3.05, 3.63) is 63.6 Å². The van der Waals surface area contributed by atoms with Crippen LogP contribution in [0, 0.1) is 0 Å². The molecule has 4 heteroatoms. The number of hydrogen-bond donors (Lipinski definition) is 1. The van der Waals surface area contributed by atoms with Crippen molar-refractivity contribution < 1.29 is 9.90 Å². The van der Waals surface area contributed by atoms with Crippen LogP contribution < -0.4 is 5.56 Å². The van der Waals surface area contributed by atoms with Gasteiger partial charge in [-0.15, -0.1) is 0 Å². The highest BCUT2D eigenvalue weighted by atomic mass is 16.3. The zero-order valence-corrected chi connectivity index (χ0v) is 10.7. The quantitative estimate of drug-likeness (QED) is 0.849. The molecule has 100 valence electrons. The summed E-state index contributed by atoms with van der Waals surface area (Å²) in [6, 6.07) is 8.24. The molecule has 1 N–H and O–H groups in total. The first-order valence-corrected chi connectivity index (χ1v) is 6.38. The lowest BCUT2D eigenvalue weighted by Gasteiger charge is -2.18. The van der Waals surface area contributed by atoms with Gasteiger partial charge in [-0.05, 0) is 42.2 Å².